The molecule has 0 saturated carbocycles. The number of carbonyl (C=O) groups excluding carboxylic acids is 2. The fourth-order valence-electron chi connectivity index (χ4n) is 7.16. The summed E-state index contributed by atoms with van der Waals surface area (Å²) in [5, 5.41) is 3.39. The molecule has 4 rings (SSSR count). The van der Waals surface area contributed by atoms with Crippen LogP contribution in [0, 0.1) is 23.7 Å². The normalized spacial score (nSPS) is 32.4. The van der Waals surface area contributed by atoms with Crippen molar-refractivity contribution in [3.8, 4) is 0 Å². The van der Waals surface area contributed by atoms with Crippen molar-refractivity contribution >= 4 is 11.8 Å². The van der Waals surface area contributed by atoms with Crippen LogP contribution in [-0.4, -0.2) is 103 Å². The van der Waals surface area contributed by atoms with Crippen LogP contribution in [0.2, 0.25) is 0 Å². The first kappa shape index (κ1) is 30.7. The fraction of sp³-hybridized carbons (Fsp3) is 0.935. The van der Waals surface area contributed by atoms with E-state index in [1.54, 1.807) is 0 Å². The number of amides is 2. The van der Waals surface area contributed by atoms with Crippen molar-refractivity contribution in [2.24, 2.45) is 23.7 Å². The maximum absolute atomic E-state index is 14.0. The molecule has 0 bridgehead atoms. The van der Waals surface area contributed by atoms with E-state index in [2.05, 4.69) is 51.8 Å². The summed E-state index contributed by atoms with van der Waals surface area (Å²) >= 11 is 0. The summed E-state index contributed by atoms with van der Waals surface area (Å²) in [5.74, 6) is 1.65. The van der Waals surface area contributed by atoms with Crippen LogP contribution in [0.3, 0.4) is 0 Å². The number of carbonyl (C=O) groups is 2. The molecule has 4 aliphatic rings. The molecule has 1 spiro atoms. The first-order valence-corrected chi connectivity index (χ1v) is 15.9. The third-order valence-corrected chi connectivity index (χ3v) is 9.51. The SMILES string of the molecule is CCC1CCN(CC2COC3(CCN(C(=O)[C@H](CC(C)C)N4CCN[C@@H](CC(C)C)C4=O)[C@@H](C)C3)OC2)CC1. The average molecular weight is 549 g/mol. The van der Waals surface area contributed by atoms with Gasteiger partial charge in [0.1, 0.15) is 6.04 Å². The first-order valence-electron chi connectivity index (χ1n) is 15.9. The highest BCUT2D eigenvalue weighted by atomic mass is 16.7. The fourth-order valence-corrected chi connectivity index (χ4v) is 7.16. The highest BCUT2D eigenvalue weighted by Crippen LogP contribution is 2.36. The van der Waals surface area contributed by atoms with Gasteiger partial charge in [-0.3, -0.25) is 9.59 Å². The molecule has 4 saturated heterocycles. The molecule has 4 aliphatic heterocycles. The van der Waals surface area contributed by atoms with Gasteiger partial charge in [0.15, 0.2) is 5.79 Å². The van der Waals surface area contributed by atoms with Crippen molar-refractivity contribution in [1.29, 1.82) is 0 Å². The average Bonchev–Trinajstić information content (AvgIpc) is 2.90. The molecule has 4 fully saturated rings. The van der Waals surface area contributed by atoms with Crippen LogP contribution in [0.4, 0.5) is 0 Å². The van der Waals surface area contributed by atoms with Crippen LogP contribution in [0.25, 0.3) is 0 Å². The Labute approximate surface area is 237 Å². The highest BCUT2D eigenvalue weighted by molar-refractivity contribution is 5.90. The highest BCUT2D eigenvalue weighted by Gasteiger charge is 2.47. The van der Waals surface area contributed by atoms with Gasteiger partial charge in [-0.25, -0.2) is 0 Å². The van der Waals surface area contributed by atoms with E-state index in [1.807, 2.05) is 9.80 Å². The zero-order valence-corrected chi connectivity index (χ0v) is 25.6. The lowest BCUT2D eigenvalue weighted by atomic mass is 9.92. The Kier molecular flexibility index (Phi) is 10.7. The minimum atomic E-state index is -0.581. The second kappa shape index (κ2) is 13.6. The summed E-state index contributed by atoms with van der Waals surface area (Å²) in [4.78, 5) is 33.9. The topological polar surface area (TPSA) is 74.4 Å². The molecule has 0 aromatic carbocycles. The van der Waals surface area contributed by atoms with Gasteiger partial charge < -0.3 is 29.5 Å². The Morgan fingerprint density at radius 2 is 1.72 bits per heavy atom. The molecule has 4 heterocycles. The maximum Gasteiger partial charge on any atom is 0.245 e. The molecule has 2 amide bonds. The summed E-state index contributed by atoms with van der Waals surface area (Å²) in [5.41, 5.74) is 0. The predicted octanol–water partition coefficient (Wildman–Crippen LogP) is 3.74. The van der Waals surface area contributed by atoms with Crippen LogP contribution in [0.1, 0.15) is 86.5 Å². The molecule has 0 aliphatic carbocycles. The van der Waals surface area contributed by atoms with Crippen LogP contribution in [-0.2, 0) is 19.1 Å². The molecule has 0 aromatic rings. The molecular formula is C31H56N4O4. The van der Waals surface area contributed by atoms with Gasteiger partial charge in [0.25, 0.3) is 0 Å². The molecule has 1 N–H and O–H groups in total. The first-order chi connectivity index (χ1) is 18.6. The number of hydrogen-bond donors (Lipinski definition) is 1. The molecule has 3 atom stereocenters. The predicted molar refractivity (Wildman–Crippen MR) is 154 cm³/mol. The van der Waals surface area contributed by atoms with E-state index in [9.17, 15) is 9.59 Å². The lowest BCUT2D eigenvalue weighted by Crippen LogP contribution is -2.64. The molecule has 39 heavy (non-hydrogen) atoms. The van der Waals surface area contributed by atoms with Gasteiger partial charge >= 0.3 is 0 Å². The standard InChI is InChI=1S/C31H56N4O4/c1-7-25-8-12-33(13-9-25)19-26-20-38-31(39-21-26)10-14-34(24(6)18-31)30(37)28(17-23(4)5)35-15-11-32-27(29(35)36)16-22(2)3/h22-28,32H,7-21H2,1-6H3/t24-,26?,27-,28-,31?/m0/s1. The van der Waals surface area contributed by atoms with Crippen molar-refractivity contribution < 1.29 is 19.1 Å². The van der Waals surface area contributed by atoms with Gasteiger partial charge in [0.05, 0.1) is 19.3 Å². The Balaban J connectivity index is 1.32. The number of ether oxygens (including phenoxy) is 2. The summed E-state index contributed by atoms with van der Waals surface area (Å²) in [6, 6.07) is -0.589. The van der Waals surface area contributed by atoms with Crippen molar-refractivity contribution in [2.45, 2.75) is 110 Å². The molecule has 224 valence electrons. The van der Waals surface area contributed by atoms with Crippen molar-refractivity contribution in [2.75, 3.05) is 52.5 Å². The second-order valence-corrected chi connectivity index (χ2v) is 13.7. The van der Waals surface area contributed by atoms with Crippen molar-refractivity contribution in [1.82, 2.24) is 20.0 Å². The van der Waals surface area contributed by atoms with E-state index in [0.29, 0.717) is 50.1 Å². The third kappa shape index (κ3) is 7.75. The van der Waals surface area contributed by atoms with Gasteiger partial charge in [-0.2, -0.15) is 0 Å². The number of hydrogen-bond acceptors (Lipinski definition) is 6. The van der Waals surface area contributed by atoms with Crippen LogP contribution < -0.4 is 5.32 Å². The number of rotatable bonds is 9. The van der Waals surface area contributed by atoms with E-state index in [0.717, 1.165) is 38.6 Å². The molecule has 0 unspecified atom stereocenters. The zero-order valence-electron chi connectivity index (χ0n) is 25.6. The lowest BCUT2D eigenvalue weighted by Gasteiger charge is -2.50. The van der Waals surface area contributed by atoms with Gasteiger partial charge in [-0.1, -0.05) is 41.0 Å². The molecule has 0 radical (unpaired) electrons. The monoisotopic (exact) mass is 548 g/mol. The largest absolute Gasteiger partial charge is 0.349 e. The van der Waals surface area contributed by atoms with Crippen molar-refractivity contribution in [3.63, 3.8) is 0 Å². The van der Waals surface area contributed by atoms with Gasteiger partial charge in [0, 0.05) is 51.0 Å². The van der Waals surface area contributed by atoms with Gasteiger partial charge in [-0.15, -0.1) is 0 Å². The van der Waals surface area contributed by atoms with Gasteiger partial charge in [0.2, 0.25) is 11.8 Å². The molecule has 0 aromatic heterocycles. The summed E-state index contributed by atoms with van der Waals surface area (Å²) in [7, 11) is 0. The summed E-state index contributed by atoms with van der Waals surface area (Å²) in [6.07, 6.45) is 6.79. The van der Waals surface area contributed by atoms with E-state index >= 15 is 0 Å². The smallest absolute Gasteiger partial charge is 0.245 e. The Bertz CT molecular complexity index is 804. The van der Waals surface area contributed by atoms with Crippen LogP contribution in [0.15, 0.2) is 0 Å². The number of nitrogens with one attached hydrogen (secondary N) is 1. The number of nitrogens with zero attached hydrogens (tertiary/aromatic N) is 3. The van der Waals surface area contributed by atoms with Crippen molar-refractivity contribution in [3.05, 3.63) is 0 Å². The van der Waals surface area contributed by atoms with E-state index in [1.165, 1.54) is 32.4 Å². The van der Waals surface area contributed by atoms with E-state index in [4.69, 9.17) is 9.47 Å². The maximum atomic E-state index is 14.0. The number of piperazine rings is 1. The van der Waals surface area contributed by atoms with E-state index in [-0.39, 0.29) is 23.9 Å². The molecule has 8 heteroatoms. The Morgan fingerprint density at radius 1 is 1.03 bits per heavy atom. The third-order valence-electron chi connectivity index (χ3n) is 9.51. The zero-order chi connectivity index (χ0) is 28.2. The Hall–Kier alpha value is -1.22. The molecular weight excluding hydrogens is 492 g/mol. The van der Waals surface area contributed by atoms with E-state index < -0.39 is 11.8 Å². The lowest BCUT2D eigenvalue weighted by molar-refractivity contribution is -0.303. The minimum absolute atomic E-state index is 0.00927. The number of piperidine rings is 2. The minimum Gasteiger partial charge on any atom is -0.349 e. The quantitative estimate of drug-likeness (QED) is 0.473. The van der Waals surface area contributed by atoms with Crippen LogP contribution in [0.5, 0.6) is 0 Å². The summed E-state index contributed by atoms with van der Waals surface area (Å²) < 4.78 is 12.9. The van der Waals surface area contributed by atoms with Crippen LogP contribution >= 0.6 is 0 Å². The molecule has 8 nitrogen and oxygen atoms in total. The number of likely N-dealkylation sites (tertiary alicyclic amines) is 2. The Morgan fingerprint density at radius 3 is 2.31 bits per heavy atom. The summed E-state index contributed by atoms with van der Waals surface area (Å²) in [6.45, 7) is 19.8. The second-order valence-electron chi connectivity index (χ2n) is 13.7. The van der Waals surface area contributed by atoms with Gasteiger partial charge in [-0.05, 0) is 63.5 Å².